The largest absolute Gasteiger partial charge is 3.00 e. The van der Waals surface area contributed by atoms with E-state index in [9.17, 15) is 0 Å². The van der Waals surface area contributed by atoms with E-state index in [0.717, 1.165) is 0 Å². The molecule has 0 aliphatic heterocycles. The van der Waals surface area contributed by atoms with E-state index in [1.54, 1.807) is 163 Å². The molecule has 0 aliphatic carbocycles. The van der Waals surface area contributed by atoms with E-state index >= 15 is 0 Å². The molecule has 1 radical (unpaired) electrons. The van der Waals surface area contributed by atoms with Crippen molar-refractivity contribution >= 4 is 72.7 Å². The minimum Gasteiger partial charge on any atom is -0.309 e. The smallest absolute Gasteiger partial charge is 0.309 e. The molecule has 0 aromatic heterocycles. The molecule has 10 heteroatoms. The molecule has 0 atom stereocenters. The Bertz CT molecular complexity index is 1450. The average Bonchev–Trinajstić information content (AvgIpc) is 0.743. The summed E-state index contributed by atoms with van der Waals surface area (Å²) in [6, 6.07) is 45.3. The van der Waals surface area contributed by atoms with Gasteiger partial charge in [0.25, 0.3) is 0 Å². The van der Waals surface area contributed by atoms with Gasteiger partial charge in [-0.25, -0.2) is 0 Å². The van der Waals surface area contributed by atoms with Crippen LogP contribution < -0.4 is 0 Å². The SMILES string of the molecule is CCCC[Si](CCCC)(CCCC)[C-]([Si](CCCC)(CCCC)CCCC)[Si](CCCC)(CCCC)CCCC.CCCC[Si](CCCC)(CCCC)[C-]([Si](CCCC)(CCCC)CCCC)[Si](CCCC)(CCCC)CCCC.CCCC[Si](CCCC)(CCCC)[C-]([Si](CCCC)(CCCC)CCCC)[Si](CCCC)(CCCC)CCCC.[Cr+3]. The predicted molar refractivity (Wildman–Crippen MR) is 594 cm³/mol. The molecule has 0 amide bonds. The summed E-state index contributed by atoms with van der Waals surface area (Å²) < 4.78 is 0. The first-order chi connectivity index (χ1) is 58.2. The second-order valence-corrected chi connectivity index (χ2v) is 88.0. The Kier molecular flexibility index (Phi) is 90.3. The summed E-state index contributed by atoms with van der Waals surface area (Å²) in [6.45, 7) is 67.6. The molecule has 0 saturated carbocycles. The van der Waals surface area contributed by atoms with Gasteiger partial charge in [-0.15, -0.1) is 0 Å². The quantitative estimate of drug-likeness (QED) is 0.0421. The molecule has 0 bridgehead atoms. The van der Waals surface area contributed by atoms with Crippen LogP contribution in [-0.4, -0.2) is 72.7 Å². The second kappa shape index (κ2) is 84.2. The van der Waals surface area contributed by atoms with Crippen LogP contribution in [0, 0.1) is 14.4 Å². The molecular formula is C111H243CrSi9. The topological polar surface area (TPSA) is 0 Å². The fourth-order valence-corrected chi connectivity index (χ4v) is 128. The molecule has 0 heterocycles. The molecule has 0 aromatic rings. The molecule has 0 fully saturated rings. The first-order valence-corrected chi connectivity index (χ1v) is 81.5. The third kappa shape index (κ3) is 48.5. The second-order valence-electron chi connectivity index (χ2n) is 42.4. The van der Waals surface area contributed by atoms with Crippen LogP contribution in [0.5, 0.6) is 0 Å². The van der Waals surface area contributed by atoms with Crippen molar-refractivity contribution in [2.75, 3.05) is 0 Å². The first-order valence-electron chi connectivity index (χ1n) is 57.9. The summed E-state index contributed by atoms with van der Waals surface area (Å²) in [4.78, 5) is 7.90. The van der Waals surface area contributed by atoms with Crippen molar-refractivity contribution in [1.82, 2.24) is 0 Å². The first kappa shape index (κ1) is 130. The zero-order valence-electron chi connectivity index (χ0n) is 90.7. The van der Waals surface area contributed by atoms with Crippen molar-refractivity contribution < 1.29 is 17.4 Å². The Morgan fingerprint density at radius 2 is 0.132 bits per heavy atom. The maximum atomic E-state index is 2.63. The van der Waals surface area contributed by atoms with Crippen LogP contribution in [0.25, 0.3) is 0 Å². The Morgan fingerprint density at radius 1 is 0.0909 bits per heavy atom. The molecule has 0 aromatic carbocycles. The fourth-order valence-electron chi connectivity index (χ4n) is 25.7. The van der Waals surface area contributed by atoms with Gasteiger partial charge in [-0.2, -0.15) is 0 Å². The van der Waals surface area contributed by atoms with E-state index in [1.165, 1.54) is 347 Å². The van der Waals surface area contributed by atoms with Crippen LogP contribution in [0.1, 0.15) is 534 Å². The van der Waals surface area contributed by atoms with Gasteiger partial charge in [0.15, 0.2) is 0 Å². The predicted octanol–water partition coefficient (Wildman–Crippen LogP) is 44.2. The summed E-state index contributed by atoms with van der Waals surface area (Å²) in [5.41, 5.74) is 0. The van der Waals surface area contributed by atoms with Crippen molar-refractivity contribution in [3.8, 4) is 0 Å². The minimum absolute atomic E-state index is 0. The zero-order valence-corrected chi connectivity index (χ0v) is 101. The molecule has 0 unspecified atom stereocenters. The van der Waals surface area contributed by atoms with Gasteiger partial charge < -0.3 is 14.4 Å². The summed E-state index contributed by atoms with van der Waals surface area (Å²) in [6.07, 6.45) is 79.6. The molecular weight excluding hydrogens is 1640 g/mol. The Morgan fingerprint density at radius 3 is 0.165 bits per heavy atom. The van der Waals surface area contributed by atoms with E-state index in [0.29, 0.717) is 0 Å². The molecule has 121 heavy (non-hydrogen) atoms. The number of rotatable bonds is 90. The van der Waals surface area contributed by atoms with Crippen LogP contribution >= 0.6 is 0 Å². The van der Waals surface area contributed by atoms with Crippen molar-refractivity contribution in [2.24, 2.45) is 0 Å². The van der Waals surface area contributed by atoms with Gasteiger partial charge in [0.1, 0.15) is 0 Å². The normalized spacial score (nSPS) is 12.9. The van der Waals surface area contributed by atoms with Crippen LogP contribution in [0.4, 0.5) is 0 Å². The Labute approximate surface area is 794 Å². The average molecular weight is 1880 g/mol. The van der Waals surface area contributed by atoms with Crippen molar-refractivity contribution in [2.45, 2.75) is 697 Å². The maximum Gasteiger partial charge on any atom is 3.00 e. The Hall–Kier alpha value is 2.48. The number of hydrogen-bond donors (Lipinski definition) is 0. The molecule has 0 rings (SSSR count). The molecule has 0 spiro atoms. The van der Waals surface area contributed by atoms with Crippen LogP contribution in [-0.2, 0) is 17.4 Å². The van der Waals surface area contributed by atoms with E-state index in [4.69, 9.17) is 0 Å². The summed E-state index contributed by atoms with van der Waals surface area (Å²) in [5, 5.41) is 0. The molecule has 0 nitrogen and oxygen atoms in total. The number of unbranched alkanes of at least 4 members (excludes halogenated alkanes) is 27. The maximum absolute atomic E-state index is 2.63. The molecule has 729 valence electrons. The summed E-state index contributed by atoms with van der Waals surface area (Å²) in [5.74, 6) is 0. The van der Waals surface area contributed by atoms with E-state index in [1.807, 2.05) is 0 Å². The Balaban J connectivity index is -0.000000845. The monoisotopic (exact) mass is 1880 g/mol. The third-order valence-corrected chi connectivity index (χ3v) is 106. The van der Waals surface area contributed by atoms with Crippen molar-refractivity contribution in [1.29, 1.82) is 0 Å². The standard InChI is InChI=1S/3C37H81Si3.Cr/c3*1-10-19-28-38(29-20-11-2,30-21-12-3)37(39(31-22-13-4,32-23-14-5)33-24-15-6)40(34-25-16-7,35-26-17-8)36-27-18-9;/h3*10-36H2,1-9H3;/q3*-1;+3. The van der Waals surface area contributed by atoms with Crippen LogP contribution in [0.3, 0.4) is 0 Å². The van der Waals surface area contributed by atoms with E-state index < -0.39 is 72.7 Å². The minimum atomic E-state index is -1.52. The van der Waals surface area contributed by atoms with Gasteiger partial charge in [-0.3, -0.25) is 0 Å². The summed E-state index contributed by atoms with van der Waals surface area (Å²) >= 11 is 0. The zero-order chi connectivity index (χ0) is 90.5. The van der Waals surface area contributed by atoms with Gasteiger partial charge >= 0.3 is 17.4 Å². The van der Waals surface area contributed by atoms with Gasteiger partial charge in [-0.1, -0.05) is 770 Å². The van der Waals surface area contributed by atoms with Crippen LogP contribution in [0.2, 0.25) is 163 Å². The van der Waals surface area contributed by atoms with Crippen LogP contribution in [0.15, 0.2) is 0 Å². The van der Waals surface area contributed by atoms with Gasteiger partial charge in [0.05, 0.1) is 0 Å². The van der Waals surface area contributed by atoms with Gasteiger partial charge in [-0.05, 0) is 0 Å². The van der Waals surface area contributed by atoms with Crippen molar-refractivity contribution in [3.05, 3.63) is 14.4 Å². The van der Waals surface area contributed by atoms with E-state index in [-0.39, 0.29) is 17.4 Å². The molecule has 0 aliphatic rings. The van der Waals surface area contributed by atoms with Crippen molar-refractivity contribution in [3.63, 3.8) is 0 Å². The number of hydrogen-bond acceptors (Lipinski definition) is 0. The molecule has 0 N–H and O–H groups in total. The van der Waals surface area contributed by atoms with E-state index in [2.05, 4.69) is 201 Å². The van der Waals surface area contributed by atoms with Gasteiger partial charge in [0.2, 0.25) is 0 Å². The van der Waals surface area contributed by atoms with Gasteiger partial charge in [0, 0.05) is 0 Å². The molecule has 0 saturated heterocycles. The fraction of sp³-hybridized carbons (Fsp3) is 0.973. The summed E-state index contributed by atoms with van der Waals surface area (Å²) in [7, 11) is -13.7. The third-order valence-electron chi connectivity index (χ3n) is 32.0.